The van der Waals surface area contributed by atoms with E-state index in [1.807, 2.05) is 0 Å². The van der Waals surface area contributed by atoms with E-state index >= 15 is 0 Å². The number of aryl methyl sites for hydroxylation is 1. The minimum atomic E-state index is 0.135. The molecule has 0 aliphatic heterocycles. The van der Waals surface area contributed by atoms with Crippen LogP contribution in [0, 0.1) is 6.92 Å². The zero-order valence-electron chi connectivity index (χ0n) is 8.82. The van der Waals surface area contributed by atoms with Crippen LogP contribution in [0.4, 0.5) is 0 Å². The van der Waals surface area contributed by atoms with Gasteiger partial charge in [0.1, 0.15) is 18.2 Å². The van der Waals surface area contributed by atoms with Crippen LogP contribution in [0.25, 0.3) is 0 Å². The fraction of sp³-hybridized carbons (Fsp3) is 0.400. The lowest BCUT2D eigenvalue weighted by Gasteiger charge is -2.12. The minimum absolute atomic E-state index is 0.135. The van der Waals surface area contributed by atoms with E-state index in [0.29, 0.717) is 0 Å². The standard InChI is InChI=1S/C10H14N4S/c1-3-11-9(10-12-6-13-14-10)8-5-4-7(2)15-8/h4-6,9,11H,3H2,1-2H3,(H,12,13,14). The Morgan fingerprint density at radius 3 is 2.93 bits per heavy atom. The molecular weight excluding hydrogens is 208 g/mol. The van der Waals surface area contributed by atoms with Crippen molar-refractivity contribution in [3.63, 3.8) is 0 Å². The molecule has 0 bridgehead atoms. The van der Waals surface area contributed by atoms with Crippen molar-refractivity contribution in [1.82, 2.24) is 20.5 Å². The predicted molar refractivity (Wildman–Crippen MR) is 61.0 cm³/mol. The number of hydrogen-bond donors (Lipinski definition) is 2. The van der Waals surface area contributed by atoms with Crippen molar-refractivity contribution >= 4 is 11.3 Å². The molecule has 2 aromatic rings. The summed E-state index contributed by atoms with van der Waals surface area (Å²) in [5.41, 5.74) is 0. The summed E-state index contributed by atoms with van der Waals surface area (Å²) in [4.78, 5) is 6.78. The van der Waals surface area contributed by atoms with Crippen molar-refractivity contribution in [1.29, 1.82) is 0 Å². The molecule has 1 atom stereocenters. The SMILES string of the molecule is CCNC(c1ncn[nH]1)c1ccc(C)s1. The van der Waals surface area contributed by atoms with Crippen LogP contribution < -0.4 is 5.32 Å². The van der Waals surface area contributed by atoms with E-state index in [0.717, 1.165) is 12.4 Å². The van der Waals surface area contributed by atoms with Gasteiger partial charge in [0.2, 0.25) is 0 Å². The maximum Gasteiger partial charge on any atom is 0.146 e. The van der Waals surface area contributed by atoms with Crippen LogP contribution in [0.15, 0.2) is 18.5 Å². The number of aromatic nitrogens is 3. The Balaban J connectivity index is 2.27. The molecule has 2 heterocycles. The van der Waals surface area contributed by atoms with Crippen LogP contribution in [-0.2, 0) is 0 Å². The summed E-state index contributed by atoms with van der Waals surface area (Å²) >= 11 is 1.78. The number of nitrogens with zero attached hydrogens (tertiary/aromatic N) is 2. The molecule has 0 amide bonds. The monoisotopic (exact) mass is 222 g/mol. The van der Waals surface area contributed by atoms with Crippen molar-refractivity contribution in [2.24, 2.45) is 0 Å². The Labute approximate surface area is 92.8 Å². The highest BCUT2D eigenvalue weighted by Crippen LogP contribution is 2.25. The zero-order valence-corrected chi connectivity index (χ0v) is 9.64. The fourth-order valence-corrected chi connectivity index (χ4v) is 2.46. The molecule has 5 heteroatoms. The van der Waals surface area contributed by atoms with E-state index in [-0.39, 0.29) is 6.04 Å². The number of H-pyrrole nitrogens is 1. The van der Waals surface area contributed by atoms with E-state index in [1.165, 1.54) is 9.75 Å². The highest BCUT2D eigenvalue weighted by molar-refractivity contribution is 7.12. The molecule has 0 spiro atoms. The van der Waals surface area contributed by atoms with Crippen LogP contribution in [0.1, 0.15) is 28.5 Å². The smallest absolute Gasteiger partial charge is 0.146 e. The average Bonchev–Trinajstić information content (AvgIpc) is 2.85. The lowest BCUT2D eigenvalue weighted by Crippen LogP contribution is -2.22. The first-order chi connectivity index (χ1) is 7.31. The number of nitrogens with one attached hydrogen (secondary N) is 2. The molecule has 80 valence electrons. The highest BCUT2D eigenvalue weighted by atomic mass is 32.1. The quantitative estimate of drug-likeness (QED) is 0.830. The van der Waals surface area contributed by atoms with Gasteiger partial charge in [-0.1, -0.05) is 6.92 Å². The third kappa shape index (κ3) is 2.24. The van der Waals surface area contributed by atoms with Gasteiger partial charge in [0.15, 0.2) is 0 Å². The lowest BCUT2D eigenvalue weighted by molar-refractivity contribution is 0.608. The minimum Gasteiger partial charge on any atom is -0.303 e. The Morgan fingerprint density at radius 2 is 2.40 bits per heavy atom. The van der Waals surface area contributed by atoms with Gasteiger partial charge < -0.3 is 5.32 Å². The maximum atomic E-state index is 4.20. The zero-order chi connectivity index (χ0) is 10.7. The lowest BCUT2D eigenvalue weighted by atomic mass is 10.2. The van der Waals surface area contributed by atoms with Gasteiger partial charge in [-0.2, -0.15) is 5.10 Å². The molecule has 0 saturated heterocycles. The second-order valence-corrected chi connectivity index (χ2v) is 4.63. The molecule has 2 aromatic heterocycles. The van der Waals surface area contributed by atoms with Gasteiger partial charge in [0.25, 0.3) is 0 Å². The second-order valence-electron chi connectivity index (χ2n) is 3.31. The van der Waals surface area contributed by atoms with Crippen molar-refractivity contribution in [2.75, 3.05) is 6.54 Å². The van der Waals surface area contributed by atoms with Crippen molar-refractivity contribution < 1.29 is 0 Å². The predicted octanol–water partition coefficient (Wildman–Crippen LogP) is 1.87. The molecule has 15 heavy (non-hydrogen) atoms. The largest absolute Gasteiger partial charge is 0.303 e. The van der Waals surface area contributed by atoms with E-state index in [9.17, 15) is 0 Å². The summed E-state index contributed by atoms with van der Waals surface area (Å²) in [6, 6.07) is 4.40. The van der Waals surface area contributed by atoms with Gasteiger partial charge in [-0.3, -0.25) is 5.10 Å². The van der Waals surface area contributed by atoms with Gasteiger partial charge in [0.05, 0.1) is 0 Å². The van der Waals surface area contributed by atoms with Crippen LogP contribution in [0.5, 0.6) is 0 Å². The van der Waals surface area contributed by atoms with E-state index in [2.05, 4.69) is 46.5 Å². The van der Waals surface area contributed by atoms with E-state index in [4.69, 9.17) is 0 Å². The summed E-state index contributed by atoms with van der Waals surface area (Å²) in [5.74, 6) is 0.874. The summed E-state index contributed by atoms with van der Waals surface area (Å²) in [7, 11) is 0. The summed E-state index contributed by atoms with van der Waals surface area (Å²) in [6.45, 7) is 5.10. The Kier molecular flexibility index (Phi) is 3.13. The number of thiophene rings is 1. The highest BCUT2D eigenvalue weighted by Gasteiger charge is 2.16. The fourth-order valence-electron chi connectivity index (χ4n) is 1.50. The molecule has 0 saturated carbocycles. The van der Waals surface area contributed by atoms with Crippen LogP contribution in [-0.4, -0.2) is 21.7 Å². The van der Waals surface area contributed by atoms with Gasteiger partial charge in [-0.15, -0.1) is 11.3 Å². The molecule has 2 N–H and O–H groups in total. The number of rotatable bonds is 4. The number of aromatic amines is 1. The normalized spacial score (nSPS) is 12.9. The van der Waals surface area contributed by atoms with Gasteiger partial charge in [0, 0.05) is 9.75 Å². The second kappa shape index (κ2) is 4.55. The Hall–Kier alpha value is -1.20. The molecule has 0 radical (unpaired) electrons. The van der Waals surface area contributed by atoms with E-state index in [1.54, 1.807) is 17.7 Å². The molecule has 4 nitrogen and oxygen atoms in total. The first-order valence-corrected chi connectivity index (χ1v) is 5.78. The molecule has 0 aliphatic rings. The maximum absolute atomic E-state index is 4.20. The third-order valence-electron chi connectivity index (χ3n) is 2.16. The topological polar surface area (TPSA) is 53.6 Å². The molecule has 0 fully saturated rings. The van der Waals surface area contributed by atoms with Crippen molar-refractivity contribution in [2.45, 2.75) is 19.9 Å². The van der Waals surface area contributed by atoms with Crippen LogP contribution >= 0.6 is 11.3 Å². The van der Waals surface area contributed by atoms with Gasteiger partial charge >= 0.3 is 0 Å². The van der Waals surface area contributed by atoms with Gasteiger partial charge in [-0.25, -0.2) is 4.98 Å². The van der Waals surface area contributed by atoms with Gasteiger partial charge in [-0.05, 0) is 25.6 Å². The van der Waals surface area contributed by atoms with Crippen LogP contribution in [0.3, 0.4) is 0 Å². The molecule has 0 aromatic carbocycles. The molecule has 1 unspecified atom stereocenters. The summed E-state index contributed by atoms with van der Waals surface area (Å²) in [5, 5.41) is 10.2. The summed E-state index contributed by atoms with van der Waals surface area (Å²) in [6.07, 6.45) is 1.54. The summed E-state index contributed by atoms with van der Waals surface area (Å²) < 4.78 is 0. The first kappa shape index (κ1) is 10.3. The third-order valence-corrected chi connectivity index (χ3v) is 3.23. The Bertz CT molecular complexity index is 407. The van der Waals surface area contributed by atoms with Crippen molar-refractivity contribution in [3.05, 3.63) is 34.0 Å². The molecular formula is C10H14N4S. The Morgan fingerprint density at radius 1 is 1.53 bits per heavy atom. The van der Waals surface area contributed by atoms with E-state index < -0.39 is 0 Å². The molecule has 0 aliphatic carbocycles. The number of hydrogen-bond acceptors (Lipinski definition) is 4. The van der Waals surface area contributed by atoms with Crippen molar-refractivity contribution in [3.8, 4) is 0 Å². The first-order valence-electron chi connectivity index (χ1n) is 4.96. The molecule has 2 rings (SSSR count). The van der Waals surface area contributed by atoms with Crippen LogP contribution in [0.2, 0.25) is 0 Å². The average molecular weight is 222 g/mol.